The average molecular weight is 280 g/mol. The van der Waals surface area contributed by atoms with E-state index in [9.17, 15) is 9.90 Å². The summed E-state index contributed by atoms with van der Waals surface area (Å²) in [6.45, 7) is 0.555. The molecule has 0 unspecified atom stereocenters. The molecule has 2 N–H and O–H groups in total. The SMILES string of the molecule is O=C(O)c1nc(CNC2CCC2)n2cc(Cl)ccc12. The van der Waals surface area contributed by atoms with E-state index >= 15 is 0 Å². The van der Waals surface area contributed by atoms with Gasteiger partial charge >= 0.3 is 5.97 Å². The number of fused-ring (bicyclic) bond motifs is 1. The third-order valence-electron chi connectivity index (χ3n) is 3.53. The van der Waals surface area contributed by atoms with Crippen LogP contribution in [0.3, 0.4) is 0 Å². The third kappa shape index (κ3) is 2.31. The molecule has 1 saturated carbocycles. The molecule has 0 aromatic carbocycles. The number of carboxylic acids is 1. The molecule has 19 heavy (non-hydrogen) atoms. The molecule has 0 saturated heterocycles. The monoisotopic (exact) mass is 279 g/mol. The molecule has 100 valence electrons. The van der Waals surface area contributed by atoms with Crippen molar-refractivity contribution in [3.8, 4) is 0 Å². The molecule has 0 bridgehead atoms. The smallest absolute Gasteiger partial charge is 0.356 e. The Labute approximate surface area is 115 Å². The zero-order valence-electron chi connectivity index (χ0n) is 10.3. The first-order valence-corrected chi connectivity index (χ1v) is 6.66. The molecule has 2 aromatic rings. The summed E-state index contributed by atoms with van der Waals surface area (Å²) in [6.07, 6.45) is 5.31. The van der Waals surface area contributed by atoms with Crippen molar-refractivity contribution >= 4 is 23.1 Å². The minimum Gasteiger partial charge on any atom is -0.476 e. The summed E-state index contributed by atoms with van der Waals surface area (Å²) in [6, 6.07) is 3.89. The van der Waals surface area contributed by atoms with Crippen LogP contribution in [0.1, 0.15) is 35.6 Å². The van der Waals surface area contributed by atoms with E-state index in [2.05, 4.69) is 10.3 Å². The molecule has 2 heterocycles. The molecule has 1 aliphatic rings. The third-order valence-corrected chi connectivity index (χ3v) is 3.75. The first kappa shape index (κ1) is 12.4. The number of imidazole rings is 1. The lowest BCUT2D eigenvalue weighted by Crippen LogP contribution is -2.35. The predicted molar refractivity (Wildman–Crippen MR) is 71.6 cm³/mol. The predicted octanol–water partition coefficient (Wildman–Crippen LogP) is 2.33. The van der Waals surface area contributed by atoms with Crippen LogP contribution >= 0.6 is 11.6 Å². The summed E-state index contributed by atoms with van der Waals surface area (Å²) in [7, 11) is 0. The molecule has 5 nitrogen and oxygen atoms in total. The van der Waals surface area contributed by atoms with Gasteiger partial charge in [-0.2, -0.15) is 0 Å². The van der Waals surface area contributed by atoms with Gasteiger partial charge in [0.15, 0.2) is 5.69 Å². The largest absolute Gasteiger partial charge is 0.476 e. The molecular formula is C13H14ClN3O2. The van der Waals surface area contributed by atoms with Crippen LogP contribution in [0.4, 0.5) is 0 Å². The highest BCUT2D eigenvalue weighted by Crippen LogP contribution is 2.20. The van der Waals surface area contributed by atoms with E-state index in [0.29, 0.717) is 29.0 Å². The summed E-state index contributed by atoms with van der Waals surface area (Å²) in [5, 5.41) is 13.1. The van der Waals surface area contributed by atoms with Crippen molar-refractivity contribution in [3.05, 3.63) is 34.9 Å². The summed E-state index contributed by atoms with van der Waals surface area (Å²) in [4.78, 5) is 15.4. The zero-order chi connectivity index (χ0) is 13.4. The standard InChI is InChI=1S/C13H14ClN3O2/c14-8-4-5-10-12(13(18)19)16-11(17(10)7-8)6-15-9-2-1-3-9/h4-5,7,9,15H,1-3,6H2,(H,18,19). The molecule has 0 radical (unpaired) electrons. The number of halogens is 1. The maximum Gasteiger partial charge on any atom is 0.356 e. The van der Waals surface area contributed by atoms with Gasteiger partial charge in [0.1, 0.15) is 5.82 Å². The summed E-state index contributed by atoms with van der Waals surface area (Å²) in [5.74, 6) is -0.337. The lowest BCUT2D eigenvalue weighted by Gasteiger charge is -2.26. The summed E-state index contributed by atoms with van der Waals surface area (Å²) < 4.78 is 1.75. The molecule has 1 aliphatic carbocycles. The second-order valence-electron chi connectivity index (χ2n) is 4.79. The highest BCUT2D eigenvalue weighted by molar-refractivity contribution is 6.30. The van der Waals surface area contributed by atoms with Crippen molar-refractivity contribution in [2.45, 2.75) is 31.8 Å². The van der Waals surface area contributed by atoms with Crippen molar-refractivity contribution in [3.63, 3.8) is 0 Å². The maximum atomic E-state index is 11.2. The number of nitrogens with one attached hydrogen (secondary N) is 1. The Kier molecular flexibility index (Phi) is 3.16. The van der Waals surface area contributed by atoms with Crippen LogP contribution < -0.4 is 5.32 Å². The Bertz CT molecular complexity index is 634. The molecular weight excluding hydrogens is 266 g/mol. The van der Waals surface area contributed by atoms with E-state index in [1.165, 1.54) is 19.3 Å². The first-order chi connectivity index (χ1) is 9.15. The van der Waals surface area contributed by atoms with E-state index in [0.717, 1.165) is 0 Å². The van der Waals surface area contributed by atoms with Gasteiger partial charge in [0.25, 0.3) is 0 Å². The molecule has 0 aliphatic heterocycles. The number of hydrogen-bond donors (Lipinski definition) is 2. The van der Waals surface area contributed by atoms with Crippen LogP contribution in [0.25, 0.3) is 5.52 Å². The number of nitrogens with zero attached hydrogens (tertiary/aromatic N) is 2. The highest BCUT2D eigenvalue weighted by Gasteiger charge is 2.20. The Morgan fingerprint density at radius 1 is 1.53 bits per heavy atom. The van der Waals surface area contributed by atoms with E-state index < -0.39 is 5.97 Å². The normalized spacial score (nSPS) is 15.6. The number of hydrogen-bond acceptors (Lipinski definition) is 3. The number of aromatic carboxylic acids is 1. The number of carboxylic acid groups (broad SMARTS) is 1. The molecule has 2 aromatic heterocycles. The van der Waals surface area contributed by atoms with E-state index in [-0.39, 0.29) is 5.69 Å². The van der Waals surface area contributed by atoms with E-state index in [4.69, 9.17) is 11.6 Å². The van der Waals surface area contributed by atoms with Gasteiger partial charge in [-0.1, -0.05) is 18.0 Å². The fraction of sp³-hybridized carbons (Fsp3) is 0.385. The molecule has 0 atom stereocenters. The van der Waals surface area contributed by atoms with Crippen LogP contribution in [0.5, 0.6) is 0 Å². The second kappa shape index (κ2) is 4.83. The average Bonchev–Trinajstić information content (AvgIpc) is 2.66. The van der Waals surface area contributed by atoms with E-state index in [1.807, 2.05) is 0 Å². The van der Waals surface area contributed by atoms with Gasteiger partial charge in [-0.15, -0.1) is 0 Å². The quantitative estimate of drug-likeness (QED) is 0.901. The van der Waals surface area contributed by atoms with Crippen LogP contribution in [0, 0.1) is 0 Å². The van der Waals surface area contributed by atoms with Crippen LogP contribution in [0.2, 0.25) is 5.02 Å². The van der Waals surface area contributed by atoms with Crippen molar-refractivity contribution in [2.24, 2.45) is 0 Å². The van der Waals surface area contributed by atoms with Crippen molar-refractivity contribution in [2.75, 3.05) is 0 Å². The minimum atomic E-state index is -1.02. The minimum absolute atomic E-state index is 0.0714. The zero-order valence-corrected chi connectivity index (χ0v) is 11.0. The summed E-state index contributed by atoms with van der Waals surface area (Å²) >= 11 is 5.96. The number of aromatic nitrogens is 2. The van der Waals surface area contributed by atoms with Gasteiger partial charge < -0.3 is 14.8 Å². The number of rotatable bonds is 4. The van der Waals surface area contributed by atoms with Gasteiger partial charge in [0.05, 0.1) is 17.1 Å². The first-order valence-electron chi connectivity index (χ1n) is 6.28. The van der Waals surface area contributed by atoms with Gasteiger partial charge in [0, 0.05) is 12.2 Å². The molecule has 0 spiro atoms. The van der Waals surface area contributed by atoms with Gasteiger partial charge in [-0.3, -0.25) is 0 Å². The Hall–Kier alpha value is -1.59. The van der Waals surface area contributed by atoms with Crippen molar-refractivity contribution in [1.29, 1.82) is 0 Å². The Morgan fingerprint density at radius 2 is 2.32 bits per heavy atom. The maximum absolute atomic E-state index is 11.2. The number of pyridine rings is 1. The lowest BCUT2D eigenvalue weighted by molar-refractivity contribution is 0.0693. The van der Waals surface area contributed by atoms with E-state index in [1.54, 1.807) is 22.7 Å². The van der Waals surface area contributed by atoms with Crippen LogP contribution in [0.15, 0.2) is 18.3 Å². The molecule has 0 amide bonds. The van der Waals surface area contributed by atoms with Gasteiger partial charge in [-0.05, 0) is 25.0 Å². The number of carbonyl (C=O) groups is 1. The summed E-state index contributed by atoms with van der Waals surface area (Å²) in [5.41, 5.74) is 0.643. The fourth-order valence-electron chi connectivity index (χ4n) is 2.25. The van der Waals surface area contributed by atoms with Crippen molar-refractivity contribution < 1.29 is 9.90 Å². The fourth-order valence-corrected chi connectivity index (χ4v) is 2.41. The second-order valence-corrected chi connectivity index (χ2v) is 5.23. The Balaban J connectivity index is 1.96. The molecule has 1 fully saturated rings. The lowest BCUT2D eigenvalue weighted by atomic mass is 9.93. The van der Waals surface area contributed by atoms with Gasteiger partial charge in [0.2, 0.25) is 0 Å². The van der Waals surface area contributed by atoms with Crippen LogP contribution in [-0.2, 0) is 6.54 Å². The van der Waals surface area contributed by atoms with Crippen LogP contribution in [-0.4, -0.2) is 26.5 Å². The highest BCUT2D eigenvalue weighted by atomic mass is 35.5. The van der Waals surface area contributed by atoms with Gasteiger partial charge in [-0.25, -0.2) is 9.78 Å². The van der Waals surface area contributed by atoms with Crippen molar-refractivity contribution in [1.82, 2.24) is 14.7 Å². The Morgan fingerprint density at radius 3 is 2.95 bits per heavy atom. The molecule has 6 heteroatoms. The topological polar surface area (TPSA) is 66.6 Å². The molecule has 3 rings (SSSR count).